The molecule has 3 rings (SSSR count). The third-order valence-corrected chi connectivity index (χ3v) is 5.20. The molecule has 2 N–H and O–H groups in total. The van der Waals surface area contributed by atoms with Crippen LogP contribution in [0.3, 0.4) is 0 Å². The predicted octanol–water partition coefficient (Wildman–Crippen LogP) is 1.63. The van der Waals surface area contributed by atoms with E-state index in [1.54, 1.807) is 24.3 Å². The van der Waals surface area contributed by atoms with Gasteiger partial charge in [0, 0.05) is 12.6 Å². The van der Waals surface area contributed by atoms with Gasteiger partial charge in [-0.05, 0) is 38.5 Å². The molecule has 0 aliphatic heterocycles. The molecule has 35 heavy (non-hydrogen) atoms. The first-order valence-electron chi connectivity index (χ1n) is 11.2. The minimum atomic E-state index is -0.720. The number of aromatic nitrogens is 3. The Labute approximate surface area is 201 Å². The van der Waals surface area contributed by atoms with Gasteiger partial charge in [-0.15, -0.1) is 0 Å². The Morgan fingerprint density at radius 1 is 1.06 bits per heavy atom. The van der Waals surface area contributed by atoms with Crippen molar-refractivity contribution in [2.45, 2.75) is 46.3 Å². The number of nitrogens with zero attached hydrogens (tertiary/aromatic N) is 3. The standard InChI is InChI=1S/C25H29N5O5/c1-16(2)26-22(32)19-7-5-6-8-20(19)27-23-28-24(33)29(14-13-21(31)35-4)25(34)30(23)15-18-11-9-17(3)10-12-18/h5-12,16H,13-15H2,1-4H3,(H,26,32)(H,27,28,33). The maximum Gasteiger partial charge on any atom is 0.335 e. The molecule has 1 amide bonds. The highest BCUT2D eigenvalue weighted by atomic mass is 16.5. The largest absolute Gasteiger partial charge is 0.469 e. The zero-order chi connectivity index (χ0) is 25.5. The lowest BCUT2D eigenvalue weighted by molar-refractivity contribution is -0.140. The summed E-state index contributed by atoms with van der Waals surface area (Å²) >= 11 is 0. The van der Waals surface area contributed by atoms with E-state index >= 15 is 0 Å². The Balaban J connectivity index is 2.19. The average Bonchev–Trinajstić information content (AvgIpc) is 2.82. The van der Waals surface area contributed by atoms with Gasteiger partial charge in [-0.25, -0.2) is 19.1 Å². The molecule has 0 fully saturated rings. The number of carbonyl (C=O) groups is 2. The maximum absolute atomic E-state index is 13.4. The summed E-state index contributed by atoms with van der Waals surface area (Å²) in [6.07, 6.45) is -0.140. The lowest BCUT2D eigenvalue weighted by Crippen LogP contribution is -2.50. The monoisotopic (exact) mass is 479 g/mol. The van der Waals surface area contributed by atoms with Crippen LogP contribution in [-0.2, 0) is 22.6 Å². The van der Waals surface area contributed by atoms with Gasteiger partial charge in [0.2, 0.25) is 5.62 Å². The van der Waals surface area contributed by atoms with Crippen LogP contribution in [0, 0.1) is 6.92 Å². The molecule has 3 aromatic rings. The Bertz CT molecular complexity index is 1400. The van der Waals surface area contributed by atoms with Gasteiger partial charge in [0.05, 0.1) is 31.3 Å². The summed E-state index contributed by atoms with van der Waals surface area (Å²) in [6.45, 7) is 5.61. The fraction of sp³-hybridized carbons (Fsp3) is 0.320. The van der Waals surface area contributed by atoms with E-state index in [1.165, 1.54) is 11.7 Å². The predicted molar refractivity (Wildman–Crippen MR) is 130 cm³/mol. The quantitative estimate of drug-likeness (QED) is 0.475. The van der Waals surface area contributed by atoms with E-state index in [2.05, 4.69) is 20.0 Å². The molecule has 1 heterocycles. The summed E-state index contributed by atoms with van der Waals surface area (Å²) in [5.41, 5.74) is 1.10. The van der Waals surface area contributed by atoms with E-state index in [0.29, 0.717) is 11.3 Å². The number of methoxy groups -OCH3 is 1. The number of nitrogens with one attached hydrogen (secondary N) is 2. The number of para-hydroxylation sites is 1. The normalized spacial score (nSPS) is 11.5. The highest BCUT2D eigenvalue weighted by molar-refractivity contribution is 5.99. The van der Waals surface area contributed by atoms with Crippen LogP contribution in [0.25, 0.3) is 0 Å². The second-order valence-corrected chi connectivity index (χ2v) is 8.34. The summed E-state index contributed by atoms with van der Waals surface area (Å²) in [6, 6.07) is 14.2. The Morgan fingerprint density at radius 3 is 2.40 bits per heavy atom. The van der Waals surface area contributed by atoms with Gasteiger partial charge in [-0.3, -0.25) is 19.1 Å². The van der Waals surface area contributed by atoms with Crippen molar-refractivity contribution in [1.29, 1.82) is 0 Å². The van der Waals surface area contributed by atoms with E-state index in [0.717, 1.165) is 15.7 Å². The van der Waals surface area contributed by atoms with Crippen LogP contribution in [0.4, 0.5) is 5.69 Å². The number of amides is 1. The lowest BCUT2D eigenvalue weighted by atomic mass is 10.1. The molecule has 2 aromatic carbocycles. The Kier molecular flexibility index (Phi) is 8.19. The van der Waals surface area contributed by atoms with Gasteiger partial charge in [0.25, 0.3) is 5.91 Å². The fourth-order valence-corrected chi connectivity index (χ4v) is 3.38. The van der Waals surface area contributed by atoms with Gasteiger partial charge in [0.15, 0.2) is 0 Å². The summed E-state index contributed by atoms with van der Waals surface area (Å²) in [7, 11) is 1.24. The van der Waals surface area contributed by atoms with Crippen molar-refractivity contribution in [3.8, 4) is 0 Å². The number of H-pyrrole nitrogens is 1. The molecule has 184 valence electrons. The van der Waals surface area contributed by atoms with Gasteiger partial charge in [0.1, 0.15) is 0 Å². The number of aryl methyl sites for hydroxylation is 1. The number of esters is 1. The molecule has 0 aliphatic carbocycles. The molecule has 0 radical (unpaired) electrons. The first-order valence-corrected chi connectivity index (χ1v) is 11.2. The zero-order valence-corrected chi connectivity index (χ0v) is 20.2. The van der Waals surface area contributed by atoms with E-state index in [1.807, 2.05) is 45.0 Å². The van der Waals surface area contributed by atoms with E-state index in [9.17, 15) is 19.2 Å². The zero-order valence-electron chi connectivity index (χ0n) is 20.2. The van der Waals surface area contributed by atoms with Crippen molar-refractivity contribution in [2.75, 3.05) is 7.11 Å². The van der Waals surface area contributed by atoms with Gasteiger partial charge in [-0.1, -0.05) is 42.0 Å². The van der Waals surface area contributed by atoms with Crippen molar-refractivity contribution in [3.63, 3.8) is 0 Å². The maximum atomic E-state index is 13.4. The third kappa shape index (κ3) is 6.44. The molecular formula is C25H29N5O5. The van der Waals surface area contributed by atoms with Crippen LogP contribution in [0.1, 0.15) is 41.8 Å². The van der Waals surface area contributed by atoms with Gasteiger partial charge >= 0.3 is 17.3 Å². The molecule has 0 aliphatic rings. The van der Waals surface area contributed by atoms with E-state index in [-0.39, 0.29) is 37.1 Å². The summed E-state index contributed by atoms with van der Waals surface area (Å²) in [5, 5.41) is 2.82. The topological polar surface area (TPSA) is 128 Å². The number of ether oxygens (including phenoxy) is 1. The summed E-state index contributed by atoms with van der Waals surface area (Å²) in [5.74, 6) is -0.863. The van der Waals surface area contributed by atoms with Crippen molar-refractivity contribution < 1.29 is 14.3 Å². The first kappa shape index (κ1) is 25.4. The third-order valence-electron chi connectivity index (χ3n) is 5.20. The molecule has 1 aromatic heterocycles. The molecule has 0 saturated heterocycles. The van der Waals surface area contributed by atoms with E-state index < -0.39 is 17.3 Å². The van der Waals surface area contributed by atoms with Crippen molar-refractivity contribution in [2.24, 2.45) is 4.99 Å². The van der Waals surface area contributed by atoms with Crippen LogP contribution in [0.2, 0.25) is 0 Å². The van der Waals surface area contributed by atoms with Crippen LogP contribution in [-0.4, -0.2) is 39.1 Å². The fourth-order valence-electron chi connectivity index (χ4n) is 3.38. The number of aromatic amines is 1. The van der Waals surface area contributed by atoms with Crippen molar-refractivity contribution in [3.05, 3.63) is 91.8 Å². The SMILES string of the molecule is COC(=O)CCn1c(=O)[nH]/c(=N\c2ccccc2C(=O)NC(C)C)n(Cc2ccc(C)cc2)c1=O. The summed E-state index contributed by atoms with van der Waals surface area (Å²) < 4.78 is 6.86. The molecular weight excluding hydrogens is 450 g/mol. The van der Waals surface area contributed by atoms with E-state index in [4.69, 9.17) is 0 Å². The minimum absolute atomic E-state index is 0.0142. The minimum Gasteiger partial charge on any atom is -0.469 e. The van der Waals surface area contributed by atoms with Crippen LogP contribution >= 0.6 is 0 Å². The molecule has 10 nitrogen and oxygen atoms in total. The highest BCUT2D eigenvalue weighted by Crippen LogP contribution is 2.17. The number of hydrogen-bond donors (Lipinski definition) is 2. The Hall–Kier alpha value is -4.21. The summed E-state index contributed by atoms with van der Waals surface area (Å²) in [4.78, 5) is 57.5. The van der Waals surface area contributed by atoms with Crippen molar-refractivity contribution in [1.82, 2.24) is 19.4 Å². The molecule has 0 bridgehead atoms. The van der Waals surface area contributed by atoms with Crippen LogP contribution in [0.15, 0.2) is 63.1 Å². The number of benzene rings is 2. The molecule has 0 saturated carbocycles. The van der Waals surface area contributed by atoms with Crippen LogP contribution in [0.5, 0.6) is 0 Å². The molecule has 0 spiro atoms. The van der Waals surface area contributed by atoms with Gasteiger partial charge < -0.3 is 10.1 Å². The number of rotatable bonds is 8. The molecule has 0 atom stereocenters. The van der Waals surface area contributed by atoms with Crippen molar-refractivity contribution >= 4 is 17.6 Å². The number of hydrogen-bond acceptors (Lipinski definition) is 6. The molecule has 0 unspecified atom stereocenters. The second-order valence-electron chi connectivity index (χ2n) is 8.34. The lowest BCUT2D eigenvalue weighted by Gasteiger charge is -2.12. The van der Waals surface area contributed by atoms with Crippen LogP contribution < -0.4 is 22.3 Å². The number of carbonyl (C=O) groups excluding carboxylic acids is 2. The molecule has 10 heteroatoms. The van der Waals surface area contributed by atoms with Gasteiger partial charge in [-0.2, -0.15) is 0 Å². The second kappa shape index (κ2) is 11.3. The Morgan fingerprint density at radius 2 is 1.74 bits per heavy atom. The highest BCUT2D eigenvalue weighted by Gasteiger charge is 2.14. The first-order chi connectivity index (χ1) is 16.7. The smallest absolute Gasteiger partial charge is 0.335 e. The average molecular weight is 480 g/mol.